The van der Waals surface area contributed by atoms with Crippen molar-refractivity contribution in [2.75, 3.05) is 40.4 Å². The number of amides is 1. The predicted octanol–water partition coefficient (Wildman–Crippen LogP) is 0.677. The first-order valence-corrected chi connectivity index (χ1v) is 8.43. The first kappa shape index (κ1) is 17.6. The number of benzene rings is 1. The molecule has 1 fully saturated rings. The largest absolute Gasteiger partial charge is 0.493 e. The van der Waals surface area contributed by atoms with Crippen LogP contribution in [0.4, 0.5) is 0 Å². The smallest absolute Gasteiger partial charge is 0.275 e. The molecule has 128 valence electrons. The van der Waals surface area contributed by atoms with E-state index in [0.717, 1.165) is 42.5 Å². The minimum atomic E-state index is 0.148. The van der Waals surface area contributed by atoms with E-state index >= 15 is 0 Å². The molecule has 0 spiro atoms. The number of nitrogens with one attached hydrogen (secondary N) is 2. The molecule has 1 aromatic rings. The first-order valence-electron chi connectivity index (χ1n) is 8.43. The van der Waals surface area contributed by atoms with Gasteiger partial charge in [0.15, 0.2) is 18.0 Å². The average Bonchev–Trinajstić information content (AvgIpc) is 2.56. The van der Waals surface area contributed by atoms with Crippen molar-refractivity contribution in [3.63, 3.8) is 0 Å². The maximum absolute atomic E-state index is 12.0. The van der Waals surface area contributed by atoms with Crippen LogP contribution in [0.1, 0.15) is 25.3 Å². The summed E-state index contributed by atoms with van der Waals surface area (Å²) in [5, 5.41) is 3.02. The lowest BCUT2D eigenvalue weighted by Crippen LogP contribution is -3.14. The third-order valence-electron chi connectivity index (χ3n) is 4.58. The number of hydrogen-bond donors (Lipinski definition) is 2. The van der Waals surface area contributed by atoms with Crippen molar-refractivity contribution in [3.8, 4) is 11.5 Å². The number of ether oxygens (including phenoxy) is 2. The molecule has 0 saturated carbocycles. The maximum atomic E-state index is 12.0. The first-order chi connectivity index (χ1) is 11.1. The molecule has 0 unspecified atom stereocenters. The summed E-state index contributed by atoms with van der Waals surface area (Å²) in [5.41, 5.74) is 1.13. The Balaban J connectivity index is 1.73. The van der Waals surface area contributed by atoms with Gasteiger partial charge < -0.3 is 19.7 Å². The number of carbonyl (C=O) groups excluding carboxylic acids is 1. The topological polar surface area (TPSA) is 52.0 Å². The fraction of sp³-hybridized carbons (Fsp3) is 0.611. The zero-order valence-electron chi connectivity index (χ0n) is 14.5. The van der Waals surface area contributed by atoms with Gasteiger partial charge >= 0.3 is 0 Å². The fourth-order valence-electron chi connectivity index (χ4n) is 3.02. The highest BCUT2D eigenvalue weighted by molar-refractivity contribution is 5.76. The van der Waals surface area contributed by atoms with Crippen molar-refractivity contribution in [1.29, 1.82) is 0 Å². The van der Waals surface area contributed by atoms with Gasteiger partial charge in [-0.05, 0) is 42.9 Å². The van der Waals surface area contributed by atoms with Crippen LogP contribution in [0, 0.1) is 5.92 Å². The zero-order valence-corrected chi connectivity index (χ0v) is 14.5. The fourth-order valence-corrected chi connectivity index (χ4v) is 3.02. The molecule has 2 rings (SSSR count). The monoisotopic (exact) mass is 321 g/mol. The van der Waals surface area contributed by atoms with Gasteiger partial charge in [0.05, 0.1) is 27.3 Å². The molecule has 1 aliphatic heterocycles. The van der Waals surface area contributed by atoms with Gasteiger partial charge in [0.1, 0.15) is 0 Å². The van der Waals surface area contributed by atoms with Gasteiger partial charge in [0.25, 0.3) is 5.91 Å². The summed E-state index contributed by atoms with van der Waals surface area (Å²) < 4.78 is 10.5. The van der Waals surface area contributed by atoms with Crippen LogP contribution in [-0.4, -0.2) is 46.3 Å². The summed E-state index contributed by atoms with van der Waals surface area (Å²) in [6, 6.07) is 5.86. The minimum Gasteiger partial charge on any atom is -0.493 e. The number of quaternary nitrogens is 1. The van der Waals surface area contributed by atoms with E-state index in [-0.39, 0.29) is 5.91 Å². The van der Waals surface area contributed by atoms with Crippen molar-refractivity contribution >= 4 is 5.91 Å². The Morgan fingerprint density at radius 3 is 2.57 bits per heavy atom. The van der Waals surface area contributed by atoms with Crippen LogP contribution < -0.4 is 19.7 Å². The van der Waals surface area contributed by atoms with Crippen LogP contribution in [0.5, 0.6) is 11.5 Å². The maximum Gasteiger partial charge on any atom is 0.275 e. The van der Waals surface area contributed by atoms with Crippen LogP contribution in [0.15, 0.2) is 18.2 Å². The van der Waals surface area contributed by atoms with Crippen molar-refractivity contribution in [1.82, 2.24) is 5.32 Å². The molecule has 1 aliphatic rings. The lowest BCUT2D eigenvalue weighted by molar-refractivity contribution is -0.898. The highest BCUT2D eigenvalue weighted by Crippen LogP contribution is 2.27. The van der Waals surface area contributed by atoms with Gasteiger partial charge in [-0.15, -0.1) is 0 Å². The van der Waals surface area contributed by atoms with Gasteiger partial charge in [-0.3, -0.25) is 4.79 Å². The predicted molar refractivity (Wildman–Crippen MR) is 90.2 cm³/mol. The minimum absolute atomic E-state index is 0.148. The number of carbonyl (C=O) groups is 1. The zero-order chi connectivity index (χ0) is 16.7. The number of rotatable bonds is 7. The highest BCUT2D eigenvalue weighted by atomic mass is 16.5. The summed E-state index contributed by atoms with van der Waals surface area (Å²) in [7, 11) is 3.26. The average molecular weight is 321 g/mol. The van der Waals surface area contributed by atoms with Crippen molar-refractivity contribution in [3.05, 3.63) is 23.8 Å². The molecular formula is C18H29N2O3+. The highest BCUT2D eigenvalue weighted by Gasteiger charge is 2.20. The molecule has 5 heteroatoms. The number of methoxy groups -OCH3 is 2. The van der Waals surface area contributed by atoms with Gasteiger partial charge in [0.2, 0.25) is 0 Å². The molecule has 0 aromatic heterocycles. The summed E-state index contributed by atoms with van der Waals surface area (Å²) in [5.74, 6) is 2.41. The van der Waals surface area contributed by atoms with Crippen LogP contribution in [0.2, 0.25) is 0 Å². The molecule has 23 heavy (non-hydrogen) atoms. The molecule has 2 N–H and O–H groups in total. The third kappa shape index (κ3) is 5.43. The Morgan fingerprint density at radius 1 is 1.22 bits per heavy atom. The Labute approximate surface area is 139 Å². The Hall–Kier alpha value is -1.75. The lowest BCUT2D eigenvalue weighted by Gasteiger charge is -2.26. The molecule has 1 aromatic carbocycles. The molecule has 1 heterocycles. The second-order valence-corrected chi connectivity index (χ2v) is 6.40. The summed E-state index contributed by atoms with van der Waals surface area (Å²) in [6.45, 7) is 5.77. The van der Waals surface area contributed by atoms with Crippen LogP contribution >= 0.6 is 0 Å². The van der Waals surface area contributed by atoms with E-state index in [1.807, 2.05) is 18.2 Å². The summed E-state index contributed by atoms with van der Waals surface area (Å²) in [4.78, 5) is 13.4. The number of hydrogen-bond acceptors (Lipinski definition) is 3. The SMILES string of the molecule is COc1ccc(CCNC(=O)C[NH+]2CCC(C)CC2)cc1OC. The summed E-state index contributed by atoms with van der Waals surface area (Å²) in [6.07, 6.45) is 3.25. The quantitative estimate of drug-likeness (QED) is 0.776. The van der Waals surface area contributed by atoms with Gasteiger partial charge in [0, 0.05) is 6.54 Å². The Morgan fingerprint density at radius 2 is 1.91 bits per heavy atom. The molecule has 1 amide bonds. The number of likely N-dealkylation sites (tertiary alicyclic amines) is 1. The Bertz CT molecular complexity index is 511. The van der Waals surface area contributed by atoms with E-state index in [9.17, 15) is 4.79 Å². The van der Waals surface area contributed by atoms with E-state index in [1.54, 1.807) is 14.2 Å². The second-order valence-electron chi connectivity index (χ2n) is 6.40. The van der Waals surface area contributed by atoms with E-state index < -0.39 is 0 Å². The van der Waals surface area contributed by atoms with Gasteiger partial charge in [-0.1, -0.05) is 13.0 Å². The molecule has 1 saturated heterocycles. The Kier molecular flexibility index (Phi) is 6.71. The second kappa shape index (κ2) is 8.77. The molecule has 0 atom stereocenters. The van der Waals surface area contributed by atoms with Gasteiger partial charge in [-0.2, -0.15) is 0 Å². The molecule has 0 bridgehead atoms. The van der Waals surface area contributed by atoms with Crippen molar-refractivity contribution in [2.45, 2.75) is 26.2 Å². The van der Waals surface area contributed by atoms with Crippen LogP contribution in [0.3, 0.4) is 0 Å². The van der Waals surface area contributed by atoms with E-state index in [2.05, 4.69) is 12.2 Å². The van der Waals surface area contributed by atoms with Crippen molar-refractivity contribution in [2.24, 2.45) is 5.92 Å². The van der Waals surface area contributed by atoms with Crippen molar-refractivity contribution < 1.29 is 19.2 Å². The molecule has 5 nitrogen and oxygen atoms in total. The van der Waals surface area contributed by atoms with Gasteiger partial charge in [-0.25, -0.2) is 0 Å². The third-order valence-corrected chi connectivity index (χ3v) is 4.58. The molecular weight excluding hydrogens is 292 g/mol. The molecule has 0 aliphatic carbocycles. The van der Waals surface area contributed by atoms with Crippen LogP contribution in [-0.2, 0) is 11.2 Å². The standard InChI is InChI=1S/C18H28N2O3/c1-14-7-10-20(11-8-14)13-18(21)19-9-6-15-4-5-16(22-2)17(12-15)23-3/h4-5,12,14H,6-11,13H2,1-3H3,(H,19,21)/p+1. The normalized spacial score (nSPS) is 20.8. The summed E-state index contributed by atoms with van der Waals surface area (Å²) >= 11 is 0. The van der Waals surface area contributed by atoms with Crippen LogP contribution in [0.25, 0.3) is 0 Å². The molecule has 0 radical (unpaired) electrons. The lowest BCUT2D eigenvalue weighted by atomic mass is 9.99. The van der Waals surface area contributed by atoms with E-state index in [1.165, 1.54) is 17.7 Å². The van der Waals surface area contributed by atoms with E-state index in [0.29, 0.717) is 13.1 Å². The van der Waals surface area contributed by atoms with E-state index in [4.69, 9.17) is 9.47 Å². The number of piperidine rings is 1.